The number of hydrogen-bond acceptors (Lipinski definition) is 5. The first-order chi connectivity index (χ1) is 9.56. The number of nitro groups is 1. The van der Waals surface area contributed by atoms with E-state index in [2.05, 4.69) is 11.4 Å². The number of amides is 1. The van der Waals surface area contributed by atoms with Crippen molar-refractivity contribution >= 4 is 23.4 Å². The van der Waals surface area contributed by atoms with Gasteiger partial charge in [0.1, 0.15) is 5.54 Å². The lowest BCUT2D eigenvalue weighted by Gasteiger charge is -2.21. The first-order valence-electron chi connectivity index (χ1n) is 6.09. The quantitative estimate of drug-likeness (QED) is 0.672. The summed E-state index contributed by atoms with van der Waals surface area (Å²) in [5, 5.41) is 22.8. The van der Waals surface area contributed by atoms with Gasteiger partial charge in [-0.2, -0.15) is 17.0 Å². The van der Waals surface area contributed by atoms with Crippen LogP contribution in [0, 0.1) is 21.4 Å². The third kappa shape index (κ3) is 3.08. The summed E-state index contributed by atoms with van der Waals surface area (Å²) in [7, 11) is 0. The molecule has 104 valence electrons. The number of para-hydroxylation sites is 1. The number of nitrogens with zero attached hydrogens (tertiary/aromatic N) is 2. The minimum atomic E-state index is -0.828. The molecular weight excluding hydrogens is 278 g/mol. The first kappa shape index (κ1) is 14.3. The van der Waals surface area contributed by atoms with E-state index in [0.29, 0.717) is 17.7 Å². The van der Waals surface area contributed by atoms with Crippen LogP contribution in [0.25, 0.3) is 0 Å². The van der Waals surface area contributed by atoms with Crippen molar-refractivity contribution in [2.24, 2.45) is 0 Å². The maximum atomic E-state index is 12.0. The van der Waals surface area contributed by atoms with Crippen molar-refractivity contribution in [3.8, 4) is 6.07 Å². The fraction of sp³-hybridized carbons (Fsp3) is 0.385. The SMILES string of the molecule is N#CC1(NC(=O)Cc2ccccc2[N+](=O)[O-])CCSC1. The number of thioether (sulfide) groups is 1. The van der Waals surface area contributed by atoms with Crippen LogP contribution < -0.4 is 5.32 Å². The zero-order chi connectivity index (χ0) is 14.6. The molecule has 0 radical (unpaired) electrons. The van der Waals surface area contributed by atoms with Gasteiger partial charge in [0.05, 0.1) is 17.4 Å². The lowest BCUT2D eigenvalue weighted by Crippen LogP contribution is -2.48. The second-order valence-electron chi connectivity index (χ2n) is 4.61. The van der Waals surface area contributed by atoms with E-state index in [1.54, 1.807) is 30.0 Å². The van der Waals surface area contributed by atoms with Crippen molar-refractivity contribution in [3.05, 3.63) is 39.9 Å². The minimum Gasteiger partial charge on any atom is -0.337 e. The molecule has 0 spiro atoms. The number of carbonyl (C=O) groups excluding carboxylic acids is 1. The minimum absolute atomic E-state index is 0.0746. The molecule has 0 bridgehead atoms. The topological polar surface area (TPSA) is 96.0 Å². The Morgan fingerprint density at radius 1 is 1.55 bits per heavy atom. The molecule has 1 atom stereocenters. The van der Waals surface area contributed by atoms with Crippen LogP contribution in [0.2, 0.25) is 0 Å². The van der Waals surface area contributed by atoms with Gasteiger partial charge < -0.3 is 5.32 Å². The standard InChI is InChI=1S/C13H13N3O3S/c14-8-13(5-6-20-9-13)15-12(17)7-10-3-1-2-4-11(10)16(18)19/h1-4H,5-7,9H2,(H,15,17). The van der Waals surface area contributed by atoms with E-state index in [1.807, 2.05) is 0 Å². The molecular formula is C13H13N3O3S. The Labute approximate surface area is 120 Å². The summed E-state index contributed by atoms with van der Waals surface area (Å²) < 4.78 is 0. The first-order valence-corrected chi connectivity index (χ1v) is 7.24. The molecule has 7 heteroatoms. The maximum absolute atomic E-state index is 12.0. The Bertz CT molecular complexity index is 576. The second kappa shape index (κ2) is 5.92. The third-order valence-electron chi connectivity index (χ3n) is 3.15. The van der Waals surface area contributed by atoms with Crippen LogP contribution in [0.15, 0.2) is 24.3 Å². The van der Waals surface area contributed by atoms with Crippen molar-refractivity contribution in [2.45, 2.75) is 18.4 Å². The molecule has 0 aromatic heterocycles. The van der Waals surface area contributed by atoms with Gasteiger partial charge in [-0.3, -0.25) is 14.9 Å². The van der Waals surface area contributed by atoms with Crippen LogP contribution in [0.3, 0.4) is 0 Å². The molecule has 0 aliphatic carbocycles. The number of rotatable bonds is 4. The maximum Gasteiger partial charge on any atom is 0.273 e. The molecule has 1 unspecified atom stereocenters. The van der Waals surface area contributed by atoms with Crippen LogP contribution >= 0.6 is 11.8 Å². The Morgan fingerprint density at radius 2 is 2.30 bits per heavy atom. The van der Waals surface area contributed by atoms with Gasteiger partial charge in [0.15, 0.2) is 0 Å². The highest BCUT2D eigenvalue weighted by molar-refractivity contribution is 7.99. The zero-order valence-corrected chi connectivity index (χ0v) is 11.5. The van der Waals surface area contributed by atoms with Gasteiger partial charge in [-0.05, 0) is 12.2 Å². The van der Waals surface area contributed by atoms with E-state index in [0.717, 1.165) is 5.75 Å². The van der Waals surface area contributed by atoms with Crippen LogP contribution in [0.1, 0.15) is 12.0 Å². The molecule has 2 rings (SSSR count). The molecule has 1 saturated heterocycles. The van der Waals surface area contributed by atoms with Gasteiger partial charge >= 0.3 is 0 Å². The average molecular weight is 291 g/mol. The monoisotopic (exact) mass is 291 g/mol. The van der Waals surface area contributed by atoms with Gasteiger partial charge in [-0.1, -0.05) is 18.2 Å². The number of nitro benzene ring substituents is 1. The summed E-state index contributed by atoms with van der Waals surface area (Å²) in [6, 6.07) is 8.28. The molecule has 1 heterocycles. The summed E-state index contributed by atoms with van der Waals surface area (Å²) >= 11 is 1.62. The smallest absolute Gasteiger partial charge is 0.273 e. The van der Waals surface area contributed by atoms with Crippen molar-refractivity contribution in [2.75, 3.05) is 11.5 Å². The van der Waals surface area contributed by atoms with E-state index in [-0.39, 0.29) is 18.0 Å². The third-order valence-corrected chi connectivity index (χ3v) is 4.34. The van der Waals surface area contributed by atoms with Crippen LogP contribution in [0.4, 0.5) is 5.69 Å². The fourth-order valence-corrected chi connectivity index (χ4v) is 3.37. The van der Waals surface area contributed by atoms with Crippen LogP contribution in [-0.4, -0.2) is 27.9 Å². The Balaban J connectivity index is 2.09. The van der Waals surface area contributed by atoms with Gasteiger partial charge in [0.2, 0.25) is 5.91 Å². The van der Waals surface area contributed by atoms with Crippen LogP contribution in [-0.2, 0) is 11.2 Å². The fourth-order valence-electron chi connectivity index (χ4n) is 2.10. The Kier molecular flexibility index (Phi) is 4.25. The predicted molar refractivity (Wildman–Crippen MR) is 75.2 cm³/mol. The summed E-state index contributed by atoms with van der Waals surface area (Å²) in [6.07, 6.45) is 0.516. The average Bonchev–Trinajstić information content (AvgIpc) is 2.88. The van der Waals surface area contributed by atoms with E-state index >= 15 is 0 Å². The number of hydrogen-bond donors (Lipinski definition) is 1. The highest BCUT2D eigenvalue weighted by Crippen LogP contribution is 2.27. The van der Waals surface area contributed by atoms with Gasteiger partial charge in [-0.25, -0.2) is 0 Å². The van der Waals surface area contributed by atoms with Crippen molar-refractivity contribution in [1.82, 2.24) is 5.32 Å². The van der Waals surface area contributed by atoms with E-state index < -0.39 is 10.5 Å². The van der Waals surface area contributed by atoms with Gasteiger partial charge in [0, 0.05) is 17.4 Å². The molecule has 1 aliphatic rings. The highest BCUT2D eigenvalue weighted by Gasteiger charge is 2.36. The number of nitriles is 1. The number of nitrogens with one attached hydrogen (secondary N) is 1. The summed E-state index contributed by atoms with van der Waals surface area (Å²) in [5.41, 5.74) is -0.547. The largest absolute Gasteiger partial charge is 0.337 e. The van der Waals surface area contributed by atoms with E-state index in [9.17, 15) is 20.2 Å². The number of benzene rings is 1. The van der Waals surface area contributed by atoms with E-state index in [4.69, 9.17) is 0 Å². The molecule has 1 amide bonds. The number of carbonyl (C=O) groups is 1. The molecule has 1 aromatic carbocycles. The molecule has 1 aromatic rings. The molecule has 1 aliphatic heterocycles. The van der Waals surface area contributed by atoms with Crippen molar-refractivity contribution < 1.29 is 9.72 Å². The molecule has 1 N–H and O–H groups in total. The van der Waals surface area contributed by atoms with Gasteiger partial charge in [0.25, 0.3) is 5.69 Å². The van der Waals surface area contributed by atoms with Crippen molar-refractivity contribution in [3.63, 3.8) is 0 Å². The normalized spacial score (nSPS) is 21.1. The lowest BCUT2D eigenvalue weighted by atomic mass is 10.0. The molecule has 6 nitrogen and oxygen atoms in total. The lowest BCUT2D eigenvalue weighted by molar-refractivity contribution is -0.385. The second-order valence-corrected chi connectivity index (χ2v) is 5.71. The Morgan fingerprint density at radius 3 is 2.90 bits per heavy atom. The van der Waals surface area contributed by atoms with Crippen molar-refractivity contribution in [1.29, 1.82) is 5.26 Å². The molecule has 1 fully saturated rings. The Hall–Kier alpha value is -2.07. The predicted octanol–water partition coefficient (Wildman–Crippen LogP) is 1.65. The van der Waals surface area contributed by atoms with Gasteiger partial charge in [-0.15, -0.1) is 0 Å². The zero-order valence-electron chi connectivity index (χ0n) is 10.7. The molecule has 0 saturated carbocycles. The summed E-state index contributed by atoms with van der Waals surface area (Å²) in [4.78, 5) is 22.4. The molecule has 20 heavy (non-hydrogen) atoms. The van der Waals surface area contributed by atoms with Crippen LogP contribution in [0.5, 0.6) is 0 Å². The summed E-state index contributed by atoms with van der Waals surface area (Å²) in [6.45, 7) is 0. The highest BCUT2D eigenvalue weighted by atomic mass is 32.2. The summed E-state index contributed by atoms with van der Waals surface area (Å²) in [5.74, 6) is 1.04. The van der Waals surface area contributed by atoms with E-state index in [1.165, 1.54) is 6.07 Å².